The van der Waals surface area contributed by atoms with Gasteiger partial charge in [0.05, 0.1) is 0 Å². The maximum atomic E-state index is 10.8. The van der Waals surface area contributed by atoms with Crippen LogP contribution in [0.4, 0.5) is 0 Å². The fourth-order valence-corrected chi connectivity index (χ4v) is 2.99. The largest absolute Gasteiger partial charge is 0.475 e. The smallest absolute Gasteiger partial charge is 0.371 e. The van der Waals surface area contributed by atoms with E-state index in [-0.39, 0.29) is 5.76 Å². The summed E-state index contributed by atoms with van der Waals surface area (Å²) in [5.74, 6) is 1.82. The molecule has 0 aliphatic rings. The van der Waals surface area contributed by atoms with Gasteiger partial charge < -0.3 is 9.52 Å². The van der Waals surface area contributed by atoms with Crippen LogP contribution in [0.3, 0.4) is 0 Å². The number of rotatable bonds is 6. The average Bonchev–Trinajstić information content (AvgIpc) is 2.77. The van der Waals surface area contributed by atoms with Crippen LogP contribution in [0.1, 0.15) is 36.4 Å². The summed E-state index contributed by atoms with van der Waals surface area (Å²) in [6.45, 7) is 4.46. The van der Waals surface area contributed by atoms with E-state index in [1.807, 2.05) is 30.0 Å². The molecule has 0 bridgehead atoms. The Hall–Kier alpha value is -1.42. The lowest BCUT2D eigenvalue weighted by Crippen LogP contribution is -1.91. The number of thioether (sulfide) groups is 1. The Kier molecular flexibility index (Phi) is 4.53. The first kappa shape index (κ1) is 14.0. The van der Waals surface area contributed by atoms with Crippen molar-refractivity contribution in [2.75, 3.05) is 5.75 Å². The van der Waals surface area contributed by atoms with Gasteiger partial charge in [-0.25, -0.2) is 4.79 Å². The van der Waals surface area contributed by atoms with Crippen LogP contribution in [0.5, 0.6) is 0 Å². The van der Waals surface area contributed by atoms with Gasteiger partial charge in [-0.1, -0.05) is 19.9 Å². The molecule has 102 valence electrons. The Bertz CT molecular complexity index is 572. The topological polar surface area (TPSA) is 50.4 Å². The van der Waals surface area contributed by atoms with Crippen molar-refractivity contribution in [3.8, 4) is 0 Å². The van der Waals surface area contributed by atoms with Crippen LogP contribution < -0.4 is 0 Å². The van der Waals surface area contributed by atoms with Crippen molar-refractivity contribution < 1.29 is 14.3 Å². The van der Waals surface area contributed by atoms with Crippen LogP contribution in [0.25, 0.3) is 11.0 Å². The summed E-state index contributed by atoms with van der Waals surface area (Å²) in [6, 6.07) is 7.44. The third kappa shape index (κ3) is 3.77. The van der Waals surface area contributed by atoms with Crippen LogP contribution in [0.2, 0.25) is 0 Å². The Balaban J connectivity index is 2.02. The highest BCUT2D eigenvalue weighted by molar-refractivity contribution is 7.98. The molecule has 2 rings (SSSR count). The SMILES string of the molecule is CC(C)CCSCc1ccc2oc(C(=O)O)cc2c1. The lowest BCUT2D eigenvalue weighted by molar-refractivity contribution is 0.0665. The summed E-state index contributed by atoms with van der Waals surface area (Å²) < 4.78 is 5.24. The zero-order valence-corrected chi connectivity index (χ0v) is 12.0. The third-order valence-corrected chi connectivity index (χ3v) is 3.96. The second-order valence-corrected chi connectivity index (χ2v) is 6.13. The molecule has 0 radical (unpaired) electrons. The molecule has 0 atom stereocenters. The maximum Gasteiger partial charge on any atom is 0.371 e. The van der Waals surface area contributed by atoms with Crippen molar-refractivity contribution in [2.24, 2.45) is 5.92 Å². The summed E-state index contributed by atoms with van der Waals surface area (Å²) in [4.78, 5) is 10.8. The fraction of sp³-hybridized carbons (Fsp3) is 0.400. The van der Waals surface area contributed by atoms with E-state index in [0.29, 0.717) is 5.58 Å². The van der Waals surface area contributed by atoms with Gasteiger partial charge in [-0.05, 0) is 41.9 Å². The van der Waals surface area contributed by atoms with Gasteiger partial charge in [0.1, 0.15) is 5.58 Å². The van der Waals surface area contributed by atoms with E-state index in [4.69, 9.17) is 9.52 Å². The molecule has 0 unspecified atom stereocenters. The highest BCUT2D eigenvalue weighted by Gasteiger charge is 2.10. The summed E-state index contributed by atoms with van der Waals surface area (Å²) in [5, 5.41) is 9.74. The summed E-state index contributed by atoms with van der Waals surface area (Å²) >= 11 is 1.91. The number of hydrogen-bond acceptors (Lipinski definition) is 3. The molecule has 0 fully saturated rings. The minimum absolute atomic E-state index is 0.000360. The molecule has 2 aromatic rings. The number of fused-ring (bicyclic) bond motifs is 1. The van der Waals surface area contributed by atoms with Gasteiger partial charge in [0, 0.05) is 11.1 Å². The quantitative estimate of drug-likeness (QED) is 0.795. The van der Waals surface area contributed by atoms with E-state index in [2.05, 4.69) is 13.8 Å². The molecule has 1 aromatic heterocycles. The molecule has 0 saturated carbocycles. The number of carboxylic acids is 1. The van der Waals surface area contributed by atoms with Gasteiger partial charge in [0.25, 0.3) is 0 Å². The van der Waals surface area contributed by atoms with Gasteiger partial charge >= 0.3 is 5.97 Å². The van der Waals surface area contributed by atoms with E-state index >= 15 is 0 Å². The Labute approximate surface area is 117 Å². The number of hydrogen-bond donors (Lipinski definition) is 1. The predicted molar refractivity (Wildman–Crippen MR) is 78.8 cm³/mol. The second kappa shape index (κ2) is 6.15. The number of benzene rings is 1. The number of furan rings is 1. The molecular weight excluding hydrogens is 260 g/mol. The van der Waals surface area contributed by atoms with Crippen LogP contribution >= 0.6 is 11.8 Å². The molecule has 0 amide bonds. The second-order valence-electron chi connectivity index (χ2n) is 5.02. The number of aromatic carboxylic acids is 1. The molecule has 3 nitrogen and oxygen atoms in total. The van der Waals surface area contributed by atoms with Crippen molar-refractivity contribution >= 4 is 28.7 Å². The molecule has 0 aliphatic heterocycles. The molecule has 0 aliphatic carbocycles. The molecule has 1 N–H and O–H groups in total. The van der Waals surface area contributed by atoms with Gasteiger partial charge in [-0.15, -0.1) is 0 Å². The van der Waals surface area contributed by atoms with Crippen molar-refractivity contribution in [3.05, 3.63) is 35.6 Å². The van der Waals surface area contributed by atoms with Crippen molar-refractivity contribution in [2.45, 2.75) is 26.0 Å². The minimum Gasteiger partial charge on any atom is -0.475 e. The summed E-state index contributed by atoms with van der Waals surface area (Å²) in [7, 11) is 0. The lowest BCUT2D eigenvalue weighted by atomic mass is 10.2. The van der Waals surface area contributed by atoms with E-state index in [9.17, 15) is 4.79 Å². The van der Waals surface area contributed by atoms with Crippen LogP contribution in [-0.4, -0.2) is 16.8 Å². The maximum absolute atomic E-state index is 10.8. The fourth-order valence-electron chi connectivity index (χ4n) is 1.80. The minimum atomic E-state index is -1.02. The van der Waals surface area contributed by atoms with Gasteiger partial charge in [0.15, 0.2) is 0 Å². The van der Waals surface area contributed by atoms with Crippen LogP contribution in [0, 0.1) is 5.92 Å². The third-order valence-electron chi connectivity index (χ3n) is 2.90. The summed E-state index contributed by atoms with van der Waals surface area (Å²) in [6.07, 6.45) is 1.22. The van der Waals surface area contributed by atoms with Gasteiger partial charge in [0.2, 0.25) is 5.76 Å². The number of carbonyl (C=O) groups is 1. The Morgan fingerprint density at radius 1 is 1.37 bits per heavy atom. The average molecular weight is 278 g/mol. The molecule has 0 spiro atoms. The molecule has 4 heteroatoms. The van der Waals surface area contributed by atoms with Crippen molar-refractivity contribution in [1.82, 2.24) is 0 Å². The standard InChI is InChI=1S/C15H18O3S/c1-10(2)5-6-19-9-11-3-4-13-12(7-11)8-14(18-13)15(16)17/h3-4,7-8,10H,5-6,9H2,1-2H3,(H,16,17). The highest BCUT2D eigenvalue weighted by Crippen LogP contribution is 2.23. The number of carboxylic acid groups (broad SMARTS) is 1. The van der Waals surface area contributed by atoms with E-state index in [1.165, 1.54) is 12.0 Å². The lowest BCUT2D eigenvalue weighted by Gasteiger charge is -2.04. The van der Waals surface area contributed by atoms with Crippen molar-refractivity contribution in [1.29, 1.82) is 0 Å². The first-order valence-electron chi connectivity index (χ1n) is 6.40. The molecule has 1 heterocycles. The molecular formula is C15H18O3S. The van der Waals surface area contributed by atoms with Crippen LogP contribution in [-0.2, 0) is 5.75 Å². The van der Waals surface area contributed by atoms with E-state index in [1.54, 1.807) is 6.07 Å². The zero-order valence-electron chi connectivity index (χ0n) is 11.2. The normalized spacial score (nSPS) is 11.3. The first-order valence-corrected chi connectivity index (χ1v) is 7.55. The summed E-state index contributed by atoms with van der Waals surface area (Å²) in [5.41, 5.74) is 1.84. The van der Waals surface area contributed by atoms with Gasteiger partial charge in [-0.2, -0.15) is 11.8 Å². The molecule has 1 aromatic carbocycles. The Morgan fingerprint density at radius 3 is 2.84 bits per heavy atom. The van der Waals surface area contributed by atoms with E-state index < -0.39 is 5.97 Å². The van der Waals surface area contributed by atoms with Crippen LogP contribution in [0.15, 0.2) is 28.7 Å². The molecule has 19 heavy (non-hydrogen) atoms. The monoisotopic (exact) mass is 278 g/mol. The van der Waals surface area contributed by atoms with Gasteiger partial charge in [-0.3, -0.25) is 0 Å². The Morgan fingerprint density at radius 2 is 2.16 bits per heavy atom. The highest BCUT2D eigenvalue weighted by atomic mass is 32.2. The zero-order chi connectivity index (χ0) is 13.8. The van der Waals surface area contributed by atoms with E-state index in [0.717, 1.165) is 22.8 Å². The molecule has 0 saturated heterocycles. The van der Waals surface area contributed by atoms with Crippen molar-refractivity contribution in [3.63, 3.8) is 0 Å². The first-order chi connectivity index (χ1) is 9.06. The predicted octanol–water partition coefficient (Wildman–Crippen LogP) is 4.41.